The number of fused-ring (bicyclic) bond motifs is 1. The van der Waals surface area contributed by atoms with Gasteiger partial charge in [-0.1, -0.05) is 6.92 Å². The number of carboxylic acids is 1. The summed E-state index contributed by atoms with van der Waals surface area (Å²) in [5, 5.41) is 36.6. The van der Waals surface area contributed by atoms with Crippen molar-refractivity contribution in [2.45, 2.75) is 44.1 Å². The Morgan fingerprint density at radius 2 is 2.07 bits per heavy atom. The van der Waals surface area contributed by atoms with Gasteiger partial charge in [0.05, 0.1) is 30.2 Å². The number of rotatable bonds is 5. The third-order valence-electron chi connectivity index (χ3n) is 5.15. The predicted molar refractivity (Wildman–Crippen MR) is 102 cm³/mol. The molecule has 0 unspecified atom stereocenters. The third-order valence-corrected chi connectivity index (χ3v) is 5.15. The van der Waals surface area contributed by atoms with Gasteiger partial charge >= 0.3 is 5.97 Å². The molecule has 0 saturated heterocycles. The lowest BCUT2D eigenvalue weighted by atomic mass is 10.2. The molecular weight excluding hydrogens is 396 g/mol. The molecule has 1 saturated carbocycles. The Bertz CT molecular complexity index is 1120. The van der Waals surface area contributed by atoms with Gasteiger partial charge in [-0.25, -0.2) is 14.5 Å². The zero-order chi connectivity index (χ0) is 21.6. The molecule has 0 aliphatic heterocycles. The van der Waals surface area contributed by atoms with Gasteiger partial charge in [0.15, 0.2) is 11.5 Å². The van der Waals surface area contributed by atoms with Crippen molar-refractivity contribution < 1.29 is 24.9 Å². The number of imidazole rings is 1. The Morgan fingerprint density at radius 1 is 1.30 bits per heavy atom. The van der Waals surface area contributed by atoms with Crippen LogP contribution in [0.1, 0.15) is 36.2 Å². The minimum Gasteiger partial charge on any atom is -0.478 e. The van der Waals surface area contributed by atoms with E-state index in [4.69, 9.17) is 10.8 Å². The monoisotopic (exact) mass is 416 g/mol. The van der Waals surface area contributed by atoms with Crippen molar-refractivity contribution in [2.75, 3.05) is 5.73 Å². The summed E-state index contributed by atoms with van der Waals surface area (Å²) >= 11 is 0. The molecule has 30 heavy (non-hydrogen) atoms. The number of nitrogen functional groups attached to an aromatic ring is 1. The summed E-state index contributed by atoms with van der Waals surface area (Å²) < 4.78 is 2.73. The topological polar surface area (TPSA) is 194 Å². The fourth-order valence-electron chi connectivity index (χ4n) is 3.55. The van der Waals surface area contributed by atoms with E-state index in [9.17, 15) is 19.8 Å². The van der Waals surface area contributed by atoms with Crippen molar-refractivity contribution in [3.05, 3.63) is 24.3 Å². The van der Waals surface area contributed by atoms with Crippen molar-refractivity contribution in [3.63, 3.8) is 0 Å². The number of hydrogen-bond donors (Lipinski definition) is 5. The van der Waals surface area contributed by atoms with Crippen LogP contribution in [0.25, 0.3) is 17.1 Å². The van der Waals surface area contributed by atoms with E-state index in [-0.39, 0.29) is 47.2 Å². The molecule has 4 atom stereocenters. The molecule has 1 aliphatic rings. The number of carboxylic acid groups (broad SMARTS) is 1. The summed E-state index contributed by atoms with van der Waals surface area (Å²) in [4.78, 5) is 35.5. The number of carbonyl (C=O) groups is 2. The molecule has 1 fully saturated rings. The third kappa shape index (κ3) is 3.23. The highest BCUT2D eigenvalue weighted by atomic mass is 16.4. The number of anilines is 1. The van der Waals surface area contributed by atoms with Gasteiger partial charge in [0, 0.05) is 12.6 Å². The van der Waals surface area contributed by atoms with Crippen molar-refractivity contribution in [1.82, 2.24) is 34.6 Å². The first-order valence-corrected chi connectivity index (χ1v) is 9.24. The molecule has 1 amide bonds. The largest absolute Gasteiger partial charge is 0.478 e. The van der Waals surface area contributed by atoms with E-state index in [1.165, 1.54) is 17.2 Å². The maximum absolute atomic E-state index is 11.7. The molecule has 158 valence electrons. The van der Waals surface area contributed by atoms with Crippen LogP contribution in [0.2, 0.25) is 0 Å². The molecule has 6 N–H and O–H groups in total. The van der Waals surface area contributed by atoms with Gasteiger partial charge < -0.3 is 30.9 Å². The molecule has 0 spiro atoms. The molecule has 13 nitrogen and oxygen atoms in total. The Labute approximate surface area is 169 Å². The Morgan fingerprint density at radius 3 is 2.73 bits per heavy atom. The lowest BCUT2D eigenvalue weighted by Gasteiger charge is -2.18. The average molecular weight is 416 g/mol. The van der Waals surface area contributed by atoms with Gasteiger partial charge in [0.1, 0.15) is 17.7 Å². The highest BCUT2D eigenvalue weighted by Gasteiger charge is 2.43. The van der Waals surface area contributed by atoms with Gasteiger partial charge in [-0.05, 0) is 6.42 Å². The van der Waals surface area contributed by atoms with Gasteiger partial charge in [0.25, 0.3) is 5.95 Å². The van der Waals surface area contributed by atoms with E-state index in [0.717, 1.165) is 6.20 Å². The van der Waals surface area contributed by atoms with Crippen LogP contribution in [0.5, 0.6) is 0 Å². The number of aromatic carboxylic acids is 1. The second-order valence-electron chi connectivity index (χ2n) is 7.02. The summed E-state index contributed by atoms with van der Waals surface area (Å²) in [7, 11) is 0. The number of nitrogens with one attached hydrogen (secondary N) is 1. The van der Waals surface area contributed by atoms with E-state index in [1.54, 1.807) is 11.5 Å². The van der Waals surface area contributed by atoms with E-state index >= 15 is 0 Å². The zero-order valence-corrected chi connectivity index (χ0v) is 15.9. The predicted octanol–water partition coefficient (Wildman–Crippen LogP) is -1.15. The Balaban J connectivity index is 1.72. The number of nitrogens with zero attached hydrogens (tertiary/aromatic N) is 6. The number of aliphatic hydroxyl groups excluding tert-OH is 2. The zero-order valence-electron chi connectivity index (χ0n) is 15.9. The number of hydrogen-bond acceptors (Lipinski definition) is 9. The standard InChI is InChI=1S/C17H20N8O5/c1-2-10(26)21-8-3-9(13(28)12(8)27)24-6-19-11-14(18)22-17(23-15(11)24)25-5-7(4-20-25)16(29)30/h4-6,8-9,12-13,27-28H,2-3H2,1H3,(H,21,26)(H,29,30)(H2,18,22,23)/t8-,9+,12+,13-/m0/s1. The van der Waals surface area contributed by atoms with Crippen LogP contribution in [-0.4, -0.2) is 74.7 Å². The smallest absolute Gasteiger partial charge is 0.338 e. The minimum atomic E-state index is -1.17. The van der Waals surface area contributed by atoms with Crippen molar-refractivity contribution in [1.29, 1.82) is 0 Å². The summed E-state index contributed by atoms with van der Waals surface area (Å²) in [5.74, 6) is -1.31. The quantitative estimate of drug-likeness (QED) is 0.339. The first-order valence-electron chi connectivity index (χ1n) is 9.24. The molecule has 3 heterocycles. The summed E-state index contributed by atoms with van der Waals surface area (Å²) in [5.41, 5.74) is 6.51. The van der Waals surface area contributed by atoms with Crippen LogP contribution in [0.3, 0.4) is 0 Å². The number of amides is 1. The van der Waals surface area contributed by atoms with E-state index < -0.39 is 30.3 Å². The molecule has 0 radical (unpaired) electrons. The Hall–Kier alpha value is -3.58. The van der Waals surface area contributed by atoms with Crippen LogP contribution in [-0.2, 0) is 4.79 Å². The summed E-state index contributed by atoms with van der Waals surface area (Å²) in [6.45, 7) is 1.69. The van der Waals surface area contributed by atoms with Crippen molar-refractivity contribution in [3.8, 4) is 5.95 Å². The van der Waals surface area contributed by atoms with Gasteiger partial charge in [0.2, 0.25) is 5.91 Å². The van der Waals surface area contributed by atoms with E-state index in [0.29, 0.717) is 0 Å². The number of aromatic nitrogens is 6. The Kier molecular flexibility index (Phi) is 4.83. The second kappa shape index (κ2) is 7.35. The van der Waals surface area contributed by atoms with Crippen LogP contribution >= 0.6 is 0 Å². The molecule has 0 aromatic carbocycles. The molecule has 3 aromatic rings. The normalized spacial score (nSPS) is 23.7. The fraction of sp³-hybridized carbons (Fsp3) is 0.412. The average Bonchev–Trinajstić information content (AvgIpc) is 3.42. The van der Waals surface area contributed by atoms with E-state index in [1.807, 2.05) is 0 Å². The van der Waals surface area contributed by atoms with Crippen LogP contribution in [0, 0.1) is 0 Å². The summed E-state index contributed by atoms with van der Waals surface area (Å²) in [6.07, 6.45) is 2.00. The number of nitrogens with two attached hydrogens (primary N) is 1. The van der Waals surface area contributed by atoms with E-state index in [2.05, 4.69) is 25.4 Å². The maximum Gasteiger partial charge on any atom is 0.338 e. The second-order valence-corrected chi connectivity index (χ2v) is 7.02. The number of aliphatic hydroxyl groups is 2. The summed E-state index contributed by atoms with van der Waals surface area (Å²) in [6, 6.07) is -1.25. The molecule has 1 aliphatic carbocycles. The fourth-order valence-corrected chi connectivity index (χ4v) is 3.55. The van der Waals surface area contributed by atoms with Crippen molar-refractivity contribution in [2.24, 2.45) is 0 Å². The van der Waals surface area contributed by atoms with Gasteiger partial charge in [-0.2, -0.15) is 15.1 Å². The highest BCUT2D eigenvalue weighted by Crippen LogP contribution is 2.33. The minimum absolute atomic E-state index is 0.0260. The first kappa shape index (κ1) is 19.7. The molecule has 4 rings (SSSR count). The van der Waals surface area contributed by atoms with Crippen LogP contribution in [0.15, 0.2) is 18.7 Å². The maximum atomic E-state index is 11.7. The number of carbonyl (C=O) groups excluding carboxylic acids is 1. The highest BCUT2D eigenvalue weighted by molar-refractivity contribution is 5.87. The van der Waals surface area contributed by atoms with Gasteiger partial charge in [-0.3, -0.25) is 4.79 Å². The van der Waals surface area contributed by atoms with Crippen molar-refractivity contribution >= 4 is 28.9 Å². The molecular formula is C17H20N8O5. The molecule has 0 bridgehead atoms. The lowest BCUT2D eigenvalue weighted by molar-refractivity contribution is -0.122. The van der Waals surface area contributed by atoms with Crippen LogP contribution in [0.4, 0.5) is 5.82 Å². The first-order chi connectivity index (χ1) is 14.3. The van der Waals surface area contributed by atoms with Gasteiger partial charge in [-0.15, -0.1) is 0 Å². The lowest BCUT2D eigenvalue weighted by Crippen LogP contribution is -2.42. The van der Waals surface area contributed by atoms with Crippen LogP contribution < -0.4 is 11.1 Å². The molecule has 13 heteroatoms. The SMILES string of the molecule is CCC(=O)N[C@H]1C[C@@H](n2cnc3c(N)nc(-n4cc(C(=O)O)cn4)nc32)[C@H](O)[C@@H]1O. The molecule has 3 aromatic heterocycles.